The fraction of sp³-hybridized carbons (Fsp3) is 0.379. The lowest BCUT2D eigenvalue weighted by atomic mass is 9.72. The van der Waals surface area contributed by atoms with Gasteiger partial charge in [-0.1, -0.05) is 67.6 Å². The second kappa shape index (κ2) is 10.8. The van der Waals surface area contributed by atoms with Crippen LogP contribution in [-0.4, -0.2) is 42.5 Å². The van der Waals surface area contributed by atoms with Gasteiger partial charge in [-0.15, -0.1) is 0 Å². The zero-order valence-corrected chi connectivity index (χ0v) is 19.8. The Morgan fingerprint density at radius 3 is 2.45 bits per heavy atom. The summed E-state index contributed by atoms with van der Waals surface area (Å²) >= 11 is 0. The number of pyridine rings is 1. The lowest BCUT2D eigenvalue weighted by molar-refractivity contribution is -0.133. The highest BCUT2D eigenvalue weighted by Crippen LogP contribution is 2.38. The number of hydrogen-bond donors (Lipinski definition) is 1. The molecule has 4 nitrogen and oxygen atoms in total. The molecule has 4 rings (SSSR count). The number of carbonyl (C=O) groups excluding carboxylic acids is 1. The molecule has 1 N–H and O–H groups in total. The highest BCUT2D eigenvalue weighted by molar-refractivity contribution is 5.83. The van der Waals surface area contributed by atoms with Crippen LogP contribution in [-0.2, 0) is 11.2 Å². The molecule has 0 bridgehead atoms. The molecule has 0 aliphatic carbocycles. The zero-order valence-electron chi connectivity index (χ0n) is 19.8. The van der Waals surface area contributed by atoms with Crippen molar-refractivity contribution in [3.05, 3.63) is 90.3 Å². The molecular formula is C29H35N3O. The number of hydrogen-bond acceptors (Lipinski definition) is 3. The smallest absolute Gasteiger partial charge is 0.226 e. The third-order valence-electron chi connectivity index (χ3n) is 7.29. The maximum Gasteiger partial charge on any atom is 0.226 e. The van der Waals surface area contributed by atoms with Crippen LogP contribution < -0.4 is 5.32 Å². The molecule has 4 heteroatoms. The summed E-state index contributed by atoms with van der Waals surface area (Å²) in [4.78, 5) is 20.0. The van der Waals surface area contributed by atoms with Crippen molar-refractivity contribution in [1.29, 1.82) is 0 Å². The molecule has 33 heavy (non-hydrogen) atoms. The first kappa shape index (κ1) is 23.2. The molecule has 1 atom stereocenters. The van der Waals surface area contributed by atoms with Crippen molar-refractivity contribution < 1.29 is 4.79 Å². The highest BCUT2D eigenvalue weighted by Gasteiger charge is 2.41. The maximum atomic E-state index is 13.2. The fourth-order valence-electron chi connectivity index (χ4n) is 5.12. The maximum absolute atomic E-state index is 13.2. The first-order valence-corrected chi connectivity index (χ1v) is 12.1. The van der Waals surface area contributed by atoms with Crippen LogP contribution in [0.4, 0.5) is 0 Å². The van der Waals surface area contributed by atoms with Crippen molar-refractivity contribution in [2.24, 2.45) is 5.41 Å². The lowest BCUT2D eigenvalue weighted by Crippen LogP contribution is -2.49. The van der Waals surface area contributed by atoms with E-state index >= 15 is 0 Å². The average molecular weight is 442 g/mol. The van der Waals surface area contributed by atoms with Gasteiger partial charge in [0.15, 0.2) is 0 Å². The summed E-state index contributed by atoms with van der Waals surface area (Å²) in [6.07, 6.45) is 7.36. The Bertz CT molecular complexity index is 1030. The molecule has 2 heterocycles. The van der Waals surface area contributed by atoms with Crippen LogP contribution in [0.2, 0.25) is 0 Å². The van der Waals surface area contributed by atoms with E-state index in [-0.39, 0.29) is 11.3 Å². The van der Waals surface area contributed by atoms with Crippen molar-refractivity contribution in [3.63, 3.8) is 0 Å². The van der Waals surface area contributed by atoms with Gasteiger partial charge in [-0.3, -0.25) is 9.78 Å². The molecule has 1 saturated heterocycles. The summed E-state index contributed by atoms with van der Waals surface area (Å²) in [5.41, 5.74) is 4.54. The van der Waals surface area contributed by atoms with E-state index in [1.807, 2.05) is 12.3 Å². The summed E-state index contributed by atoms with van der Waals surface area (Å²) in [6.45, 7) is 5.31. The van der Waals surface area contributed by atoms with Crippen LogP contribution in [0.1, 0.15) is 43.2 Å². The van der Waals surface area contributed by atoms with Crippen molar-refractivity contribution in [2.45, 2.75) is 38.5 Å². The van der Waals surface area contributed by atoms with Crippen LogP contribution in [0.25, 0.3) is 11.1 Å². The number of aromatic nitrogens is 1. The monoisotopic (exact) mass is 441 g/mol. The number of nitrogens with one attached hydrogen (secondary N) is 1. The van der Waals surface area contributed by atoms with Gasteiger partial charge in [-0.05, 0) is 74.0 Å². The zero-order chi connectivity index (χ0) is 23.1. The van der Waals surface area contributed by atoms with E-state index in [0.717, 1.165) is 50.9 Å². The van der Waals surface area contributed by atoms with Gasteiger partial charge in [-0.25, -0.2) is 0 Å². The number of piperidine rings is 1. The van der Waals surface area contributed by atoms with E-state index in [4.69, 9.17) is 0 Å². The minimum Gasteiger partial charge on any atom is -0.359 e. The first-order valence-electron chi connectivity index (χ1n) is 12.1. The summed E-state index contributed by atoms with van der Waals surface area (Å²) in [5.74, 6) is 0.712. The number of rotatable bonds is 8. The van der Waals surface area contributed by atoms with Gasteiger partial charge >= 0.3 is 0 Å². The molecule has 1 fully saturated rings. The quantitative estimate of drug-likeness (QED) is 0.515. The van der Waals surface area contributed by atoms with Crippen molar-refractivity contribution >= 4 is 5.91 Å². The predicted molar refractivity (Wildman–Crippen MR) is 135 cm³/mol. The Hall–Kier alpha value is -2.98. The largest absolute Gasteiger partial charge is 0.359 e. The van der Waals surface area contributed by atoms with Crippen LogP contribution >= 0.6 is 0 Å². The fourth-order valence-corrected chi connectivity index (χ4v) is 5.12. The summed E-state index contributed by atoms with van der Waals surface area (Å²) in [6, 6.07) is 23.3. The van der Waals surface area contributed by atoms with Crippen LogP contribution in [0.5, 0.6) is 0 Å². The van der Waals surface area contributed by atoms with E-state index in [1.165, 1.54) is 16.7 Å². The van der Waals surface area contributed by atoms with E-state index in [2.05, 4.69) is 82.8 Å². The molecule has 172 valence electrons. The third kappa shape index (κ3) is 5.51. The molecule has 0 spiro atoms. The number of likely N-dealkylation sites (tertiary alicyclic amines) is 1. The van der Waals surface area contributed by atoms with Gasteiger partial charge in [0.25, 0.3) is 0 Å². The van der Waals surface area contributed by atoms with E-state index < -0.39 is 0 Å². The molecule has 0 radical (unpaired) electrons. The molecule has 1 amide bonds. The second-order valence-corrected chi connectivity index (χ2v) is 9.38. The molecule has 0 saturated carbocycles. The molecule has 2 aromatic carbocycles. The Morgan fingerprint density at radius 1 is 1.03 bits per heavy atom. The first-order chi connectivity index (χ1) is 16.1. The number of amides is 1. The van der Waals surface area contributed by atoms with Gasteiger partial charge in [0.2, 0.25) is 5.91 Å². The second-order valence-electron chi connectivity index (χ2n) is 9.38. The number of benzene rings is 2. The van der Waals surface area contributed by atoms with Crippen molar-refractivity contribution in [1.82, 2.24) is 15.2 Å². The van der Waals surface area contributed by atoms with Crippen LogP contribution in [0, 0.1) is 5.41 Å². The van der Waals surface area contributed by atoms with Gasteiger partial charge in [0.05, 0.1) is 5.41 Å². The number of nitrogens with zero attached hydrogens (tertiary/aromatic N) is 2. The van der Waals surface area contributed by atoms with E-state index in [0.29, 0.717) is 5.92 Å². The Morgan fingerprint density at radius 2 is 1.76 bits per heavy atom. The van der Waals surface area contributed by atoms with Gasteiger partial charge in [0, 0.05) is 25.0 Å². The van der Waals surface area contributed by atoms with E-state index in [9.17, 15) is 4.79 Å². The average Bonchev–Trinajstić information content (AvgIpc) is 2.89. The molecule has 1 aromatic heterocycles. The Balaban J connectivity index is 1.44. The molecule has 3 aromatic rings. The molecular weight excluding hydrogens is 406 g/mol. The Kier molecular flexibility index (Phi) is 7.56. The highest BCUT2D eigenvalue weighted by atomic mass is 16.2. The molecule has 1 aliphatic heterocycles. The van der Waals surface area contributed by atoms with Gasteiger partial charge in [0.1, 0.15) is 0 Å². The van der Waals surface area contributed by atoms with Gasteiger partial charge in [-0.2, -0.15) is 0 Å². The predicted octanol–water partition coefficient (Wildman–Crippen LogP) is 5.31. The van der Waals surface area contributed by atoms with Crippen molar-refractivity contribution in [3.8, 4) is 11.1 Å². The van der Waals surface area contributed by atoms with Crippen LogP contribution in [0.15, 0.2) is 79.1 Å². The summed E-state index contributed by atoms with van der Waals surface area (Å²) in [7, 11) is 1.77. The van der Waals surface area contributed by atoms with Crippen LogP contribution in [0.3, 0.4) is 0 Å². The summed E-state index contributed by atoms with van der Waals surface area (Å²) < 4.78 is 0. The standard InChI is InChI=1S/C29H35N3O/c1-23(24-9-4-3-5-10-24)14-18-32-19-15-29(16-20-32,28(33)30-2)21-25-11-6-7-13-27(25)26-12-8-17-31-22-26/h3-13,17,22-23H,14-16,18-21H2,1-2H3,(H,30,33)/t23-/m0/s1. The number of carbonyl (C=O) groups is 1. The minimum atomic E-state index is -0.366. The Labute approximate surface area is 198 Å². The molecule has 0 unspecified atom stereocenters. The van der Waals surface area contributed by atoms with Gasteiger partial charge < -0.3 is 10.2 Å². The lowest BCUT2D eigenvalue weighted by Gasteiger charge is -2.41. The minimum absolute atomic E-state index is 0.167. The SMILES string of the molecule is CNC(=O)C1(Cc2ccccc2-c2cccnc2)CCN(CC[C@H](C)c2ccccc2)CC1. The molecule has 1 aliphatic rings. The normalized spacial score (nSPS) is 16.8. The third-order valence-corrected chi connectivity index (χ3v) is 7.29. The van der Waals surface area contributed by atoms with Crippen molar-refractivity contribution in [2.75, 3.05) is 26.7 Å². The topological polar surface area (TPSA) is 45.2 Å². The van der Waals surface area contributed by atoms with E-state index in [1.54, 1.807) is 13.2 Å². The summed E-state index contributed by atoms with van der Waals surface area (Å²) in [5, 5.41) is 2.97.